The maximum Gasteiger partial charge on any atom is 0.422 e. The molecular weight excluding hydrogens is 359 g/mol. The summed E-state index contributed by atoms with van der Waals surface area (Å²) in [7, 11) is 0. The van der Waals surface area contributed by atoms with Gasteiger partial charge in [0.2, 0.25) is 11.8 Å². The summed E-state index contributed by atoms with van der Waals surface area (Å²) in [4.78, 5) is 16.3. The predicted octanol–water partition coefficient (Wildman–Crippen LogP) is 3.31. The lowest BCUT2D eigenvalue weighted by Crippen LogP contribution is -2.31. The second-order valence-corrected chi connectivity index (χ2v) is 6.40. The van der Waals surface area contributed by atoms with Gasteiger partial charge in [-0.2, -0.15) is 13.2 Å². The van der Waals surface area contributed by atoms with Crippen molar-refractivity contribution in [1.29, 1.82) is 0 Å². The molecule has 144 valence electrons. The summed E-state index contributed by atoms with van der Waals surface area (Å²) in [5.74, 6) is -0.289. The lowest BCUT2D eigenvalue weighted by Gasteiger charge is -2.14. The zero-order valence-corrected chi connectivity index (χ0v) is 14.6. The van der Waals surface area contributed by atoms with Gasteiger partial charge in [-0.05, 0) is 30.0 Å². The van der Waals surface area contributed by atoms with Gasteiger partial charge in [-0.1, -0.05) is 24.3 Å². The van der Waals surface area contributed by atoms with Crippen LogP contribution in [0, 0.1) is 5.92 Å². The van der Waals surface area contributed by atoms with Crippen molar-refractivity contribution in [3.8, 4) is 5.88 Å². The third-order valence-electron chi connectivity index (χ3n) is 4.31. The van der Waals surface area contributed by atoms with Crippen molar-refractivity contribution in [2.24, 2.45) is 5.92 Å². The van der Waals surface area contributed by atoms with E-state index in [2.05, 4.69) is 20.4 Å². The number of nitrogens with zero attached hydrogens (tertiary/aromatic N) is 1. The number of fused-ring (bicyclic) bond motifs is 1. The molecule has 1 aromatic carbocycles. The zero-order chi connectivity index (χ0) is 19.3. The number of pyridine rings is 1. The fourth-order valence-corrected chi connectivity index (χ4v) is 2.93. The highest BCUT2D eigenvalue weighted by Crippen LogP contribution is 2.24. The number of hydrogen-bond donors (Lipinski definition) is 2. The number of halogens is 3. The number of hydrogen-bond acceptors (Lipinski definition) is 4. The van der Waals surface area contributed by atoms with Crippen LogP contribution in [0.4, 0.5) is 18.9 Å². The third-order valence-corrected chi connectivity index (χ3v) is 4.31. The van der Waals surface area contributed by atoms with E-state index in [1.54, 1.807) is 6.07 Å². The normalized spacial score (nSPS) is 16.6. The quantitative estimate of drug-likeness (QED) is 0.837. The summed E-state index contributed by atoms with van der Waals surface area (Å²) in [5.41, 5.74) is 2.87. The Labute approximate surface area is 154 Å². The number of nitrogens with one attached hydrogen (secondary N) is 2. The van der Waals surface area contributed by atoms with Crippen LogP contribution in [0.3, 0.4) is 0 Å². The number of benzene rings is 1. The van der Waals surface area contributed by atoms with Gasteiger partial charge in [0.25, 0.3) is 0 Å². The minimum atomic E-state index is -4.40. The highest BCUT2D eigenvalue weighted by Gasteiger charge is 2.28. The van der Waals surface area contributed by atoms with Crippen LogP contribution in [-0.2, 0) is 17.8 Å². The van der Waals surface area contributed by atoms with Crippen LogP contribution in [0.2, 0.25) is 0 Å². The van der Waals surface area contributed by atoms with Crippen molar-refractivity contribution in [3.05, 3.63) is 53.7 Å². The molecule has 1 unspecified atom stereocenters. The molecule has 0 fully saturated rings. The molecule has 1 aliphatic heterocycles. The van der Waals surface area contributed by atoms with Crippen LogP contribution in [-0.4, -0.2) is 30.2 Å². The first-order valence-corrected chi connectivity index (χ1v) is 8.65. The minimum absolute atomic E-state index is 0.0501. The van der Waals surface area contributed by atoms with Gasteiger partial charge in [0, 0.05) is 37.0 Å². The zero-order valence-electron chi connectivity index (χ0n) is 14.6. The summed E-state index contributed by atoms with van der Waals surface area (Å²) in [6.45, 7) is -0.397. The molecule has 5 nitrogen and oxygen atoms in total. The molecule has 2 aromatic rings. The first-order valence-electron chi connectivity index (χ1n) is 8.65. The van der Waals surface area contributed by atoms with Gasteiger partial charge in [0.05, 0.1) is 0 Å². The molecule has 0 radical (unpaired) electrons. The van der Waals surface area contributed by atoms with Crippen molar-refractivity contribution in [2.45, 2.75) is 25.6 Å². The molecule has 1 aliphatic rings. The molecule has 0 aliphatic carbocycles. The summed E-state index contributed by atoms with van der Waals surface area (Å²) in [6, 6.07) is 10.9. The first kappa shape index (κ1) is 19.0. The number of aromatic nitrogens is 1. The van der Waals surface area contributed by atoms with E-state index in [4.69, 9.17) is 0 Å². The van der Waals surface area contributed by atoms with E-state index in [1.807, 2.05) is 24.3 Å². The molecule has 0 saturated carbocycles. The minimum Gasteiger partial charge on any atom is -0.468 e. The smallest absolute Gasteiger partial charge is 0.422 e. The Balaban J connectivity index is 1.52. The van der Waals surface area contributed by atoms with Crippen molar-refractivity contribution < 1.29 is 22.7 Å². The lowest BCUT2D eigenvalue weighted by atomic mass is 9.96. The summed E-state index contributed by atoms with van der Waals surface area (Å²) < 4.78 is 40.9. The number of para-hydroxylation sites is 1. The van der Waals surface area contributed by atoms with Gasteiger partial charge in [0.15, 0.2) is 6.61 Å². The largest absolute Gasteiger partial charge is 0.468 e. The van der Waals surface area contributed by atoms with Gasteiger partial charge in [-0.15, -0.1) is 0 Å². The number of rotatable bonds is 5. The van der Waals surface area contributed by atoms with Gasteiger partial charge < -0.3 is 15.4 Å². The number of carbonyl (C=O) groups is 1. The van der Waals surface area contributed by atoms with E-state index in [-0.39, 0.29) is 24.2 Å². The molecule has 0 spiro atoms. The molecule has 1 amide bonds. The van der Waals surface area contributed by atoms with Gasteiger partial charge in [0.1, 0.15) is 0 Å². The second-order valence-electron chi connectivity index (χ2n) is 6.40. The van der Waals surface area contributed by atoms with E-state index in [0.29, 0.717) is 12.0 Å². The van der Waals surface area contributed by atoms with Gasteiger partial charge >= 0.3 is 6.18 Å². The van der Waals surface area contributed by atoms with E-state index >= 15 is 0 Å². The number of anilines is 1. The van der Waals surface area contributed by atoms with Crippen molar-refractivity contribution >= 4 is 11.6 Å². The molecular formula is C19H20F3N3O2. The predicted molar refractivity (Wildman–Crippen MR) is 94.4 cm³/mol. The van der Waals surface area contributed by atoms with E-state index in [9.17, 15) is 18.0 Å². The Kier molecular flexibility index (Phi) is 5.83. The van der Waals surface area contributed by atoms with Crippen LogP contribution in [0.1, 0.15) is 17.5 Å². The number of amides is 1. The van der Waals surface area contributed by atoms with Crippen molar-refractivity contribution in [1.82, 2.24) is 10.3 Å². The van der Waals surface area contributed by atoms with Crippen LogP contribution in [0.5, 0.6) is 5.88 Å². The Morgan fingerprint density at radius 2 is 2.07 bits per heavy atom. The van der Waals surface area contributed by atoms with Crippen LogP contribution in [0.25, 0.3) is 0 Å². The maximum atomic E-state index is 12.5. The molecule has 0 saturated heterocycles. The third kappa shape index (κ3) is 5.60. The standard InChI is InChI=1S/C19H20F3N3O2/c20-19(21,22)12-27-17-6-5-13(10-24-17)11-25-18(26)15-7-8-23-16-4-2-1-3-14(16)9-15/h1-6,10,15,23H,7-9,11-12H2,(H,25,26). The highest BCUT2D eigenvalue weighted by atomic mass is 19.4. The van der Waals surface area contributed by atoms with Gasteiger partial charge in [-0.3, -0.25) is 4.79 Å². The number of carbonyl (C=O) groups excluding carboxylic acids is 1. The summed E-state index contributed by atoms with van der Waals surface area (Å²) >= 11 is 0. The maximum absolute atomic E-state index is 12.5. The average molecular weight is 379 g/mol. The molecule has 8 heteroatoms. The summed E-state index contributed by atoms with van der Waals surface area (Å²) in [5, 5.41) is 6.20. The van der Waals surface area contributed by atoms with Crippen LogP contribution in [0.15, 0.2) is 42.6 Å². The van der Waals surface area contributed by atoms with E-state index in [0.717, 1.165) is 24.2 Å². The molecule has 2 N–H and O–H groups in total. The number of alkyl halides is 3. The fourth-order valence-electron chi connectivity index (χ4n) is 2.93. The average Bonchev–Trinajstić information content (AvgIpc) is 2.87. The Morgan fingerprint density at radius 1 is 1.26 bits per heavy atom. The molecule has 27 heavy (non-hydrogen) atoms. The van der Waals surface area contributed by atoms with E-state index in [1.165, 1.54) is 12.3 Å². The van der Waals surface area contributed by atoms with E-state index < -0.39 is 12.8 Å². The molecule has 0 bridgehead atoms. The van der Waals surface area contributed by atoms with Crippen molar-refractivity contribution in [2.75, 3.05) is 18.5 Å². The molecule has 1 aromatic heterocycles. The second kappa shape index (κ2) is 8.28. The Hall–Kier alpha value is -2.77. The lowest BCUT2D eigenvalue weighted by molar-refractivity contribution is -0.154. The molecule has 1 atom stereocenters. The van der Waals surface area contributed by atoms with Gasteiger partial charge in [-0.25, -0.2) is 4.98 Å². The summed E-state index contributed by atoms with van der Waals surface area (Å²) in [6.07, 6.45) is -1.61. The highest BCUT2D eigenvalue weighted by molar-refractivity contribution is 5.79. The fraction of sp³-hybridized carbons (Fsp3) is 0.368. The first-order chi connectivity index (χ1) is 12.9. The van der Waals surface area contributed by atoms with Crippen LogP contribution < -0.4 is 15.4 Å². The monoisotopic (exact) mass is 379 g/mol. The van der Waals surface area contributed by atoms with Crippen LogP contribution >= 0.6 is 0 Å². The number of ether oxygens (including phenoxy) is 1. The van der Waals surface area contributed by atoms with Crippen molar-refractivity contribution in [3.63, 3.8) is 0 Å². The Morgan fingerprint density at radius 3 is 2.81 bits per heavy atom. The SMILES string of the molecule is O=C(NCc1ccc(OCC(F)(F)F)nc1)C1CCNc2ccccc2C1. The topological polar surface area (TPSA) is 63.2 Å². The molecule has 3 rings (SSSR count). The molecule has 2 heterocycles. The Bertz CT molecular complexity index is 779.